The molecule has 2 N–H and O–H groups in total. The second-order valence-corrected chi connectivity index (χ2v) is 6.42. The molecule has 1 fully saturated rings. The normalized spacial score (nSPS) is 16.7. The summed E-state index contributed by atoms with van der Waals surface area (Å²) in [5.74, 6) is 0.666. The van der Waals surface area contributed by atoms with Crippen molar-refractivity contribution in [2.45, 2.75) is 51.5 Å². The molecule has 2 heterocycles. The van der Waals surface area contributed by atoms with E-state index in [1.165, 1.54) is 19.3 Å². The van der Waals surface area contributed by atoms with Gasteiger partial charge in [0.25, 0.3) is 0 Å². The minimum atomic E-state index is -0.597. The lowest BCUT2D eigenvalue weighted by atomic mass is 9.87. The fourth-order valence-electron chi connectivity index (χ4n) is 3.18. The van der Waals surface area contributed by atoms with Crippen molar-refractivity contribution in [2.75, 3.05) is 5.32 Å². The summed E-state index contributed by atoms with van der Waals surface area (Å²) in [4.78, 5) is 28.6. The van der Waals surface area contributed by atoms with E-state index < -0.39 is 6.04 Å². The molecule has 0 saturated heterocycles. The van der Waals surface area contributed by atoms with E-state index in [1.807, 2.05) is 0 Å². The number of rotatable bonds is 5. The minimum Gasteiger partial charge on any atom is -0.345 e. The molecule has 24 heavy (non-hydrogen) atoms. The van der Waals surface area contributed by atoms with Crippen LogP contribution in [0.5, 0.6) is 0 Å². The van der Waals surface area contributed by atoms with Gasteiger partial charge in [-0.2, -0.15) is 9.61 Å². The molecule has 2 aromatic heterocycles. The molecule has 0 aliphatic heterocycles. The van der Waals surface area contributed by atoms with E-state index in [9.17, 15) is 9.59 Å². The molecule has 128 valence electrons. The third-order valence-electron chi connectivity index (χ3n) is 4.51. The smallest absolute Gasteiger partial charge is 0.247 e. The summed E-state index contributed by atoms with van der Waals surface area (Å²) < 4.78 is 1.55. The van der Waals surface area contributed by atoms with E-state index in [0.717, 1.165) is 12.8 Å². The monoisotopic (exact) mass is 329 g/mol. The van der Waals surface area contributed by atoms with E-state index >= 15 is 0 Å². The molecule has 1 atom stereocenters. The van der Waals surface area contributed by atoms with E-state index in [4.69, 9.17) is 0 Å². The van der Waals surface area contributed by atoms with Crippen LogP contribution in [0.25, 0.3) is 5.65 Å². The van der Waals surface area contributed by atoms with Crippen LogP contribution in [-0.2, 0) is 9.59 Å². The summed E-state index contributed by atoms with van der Waals surface area (Å²) in [6.45, 7) is 1.69. The molecule has 7 nitrogen and oxygen atoms in total. The number of hydrogen-bond donors (Lipinski definition) is 2. The molecule has 2 aromatic rings. The highest BCUT2D eigenvalue weighted by Crippen LogP contribution is 2.26. The number of amides is 2. The molecule has 3 rings (SSSR count). The van der Waals surface area contributed by atoms with E-state index in [2.05, 4.69) is 20.7 Å². The van der Waals surface area contributed by atoms with Gasteiger partial charge >= 0.3 is 0 Å². The minimum absolute atomic E-state index is 0.0523. The third-order valence-corrected chi connectivity index (χ3v) is 4.51. The summed E-state index contributed by atoms with van der Waals surface area (Å²) in [5.41, 5.74) is 0.654. The average Bonchev–Trinajstić information content (AvgIpc) is 3.05. The van der Waals surface area contributed by atoms with Crippen LogP contribution in [0.1, 0.15) is 45.4 Å². The lowest BCUT2D eigenvalue weighted by Crippen LogP contribution is -2.42. The Morgan fingerprint density at radius 2 is 2.04 bits per heavy atom. The fraction of sp³-hybridized carbons (Fsp3) is 0.529. The molecule has 2 amide bonds. The summed E-state index contributed by atoms with van der Waals surface area (Å²) in [6, 6.07) is 2.83. The van der Waals surface area contributed by atoms with Crippen molar-refractivity contribution in [1.82, 2.24) is 19.9 Å². The van der Waals surface area contributed by atoms with Crippen molar-refractivity contribution in [2.24, 2.45) is 5.92 Å². The summed E-state index contributed by atoms with van der Waals surface area (Å²) in [5, 5.41) is 9.70. The molecule has 0 aromatic carbocycles. The molecule has 0 bridgehead atoms. The van der Waals surface area contributed by atoms with Crippen LogP contribution in [0.2, 0.25) is 0 Å². The second-order valence-electron chi connectivity index (χ2n) is 6.42. The van der Waals surface area contributed by atoms with E-state index in [-0.39, 0.29) is 11.8 Å². The maximum Gasteiger partial charge on any atom is 0.247 e. The predicted octanol–water partition coefficient (Wildman–Crippen LogP) is 2.14. The Labute approximate surface area is 140 Å². The Kier molecular flexibility index (Phi) is 5.08. The number of carbonyl (C=O) groups is 2. The summed E-state index contributed by atoms with van der Waals surface area (Å²) in [7, 11) is 0. The number of nitrogens with one attached hydrogen (secondary N) is 2. The van der Waals surface area contributed by atoms with Gasteiger partial charge in [-0.05, 0) is 31.7 Å². The quantitative estimate of drug-likeness (QED) is 0.879. The topological polar surface area (TPSA) is 88.4 Å². The van der Waals surface area contributed by atoms with Crippen molar-refractivity contribution in [3.8, 4) is 0 Å². The largest absolute Gasteiger partial charge is 0.345 e. The first-order valence-electron chi connectivity index (χ1n) is 8.52. The second kappa shape index (κ2) is 7.42. The molecule has 0 spiro atoms. The number of fused-ring (bicyclic) bond motifs is 1. The Bertz CT molecular complexity index is 721. The van der Waals surface area contributed by atoms with Gasteiger partial charge in [-0.25, -0.2) is 4.98 Å². The zero-order chi connectivity index (χ0) is 16.9. The molecule has 0 unspecified atom stereocenters. The summed E-state index contributed by atoms with van der Waals surface area (Å²) in [6.07, 6.45) is 9.64. The molecule has 1 saturated carbocycles. The molecule has 1 aliphatic rings. The van der Waals surface area contributed by atoms with Crippen LogP contribution >= 0.6 is 0 Å². The van der Waals surface area contributed by atoms with Gasteiger partial charge in [0.1, 0.15) is 11.9 Å². The zero-order valence-electron chi connectivity index (χ0n) is 13.9. The molecule has 7 heteroatoms. The first-order chi connectivity index (χ1) is 11.6. The molecule has 0 radical (unpaired) electrons. The Balaban J connectivity index is 1.54. The third kappa shape index (κ3) is 3.90. The number of carbonyl (C=O) groups excluding carboxylic acids is 2. The van der Waals surface area contributed by atoms with Gasteiger partial charge in [0.2, 0.25) is 11.8 Å². The number of nitrogens with zero attached hydrogens (tertiary/aromatic N) is 3. The van der Waals surface area contributed by atoms with Crippen LogP contribution in [0, 0.1) is 5.92 Å². The summed E-state index contributed by atoms with van der Waals surface area (Å²) >= 11 is 0. The molecular weight excluding hydrogens is 306 g/mol. The number of anilines is 1. The van der Waals surface area contributed by atoms with E-state index in [0.29, 0.717) is 23.8 Å². The highest BCUT2D eigenvalue weighted by atomic mass is 16.2. The van der Waals surface area contributed by atoms with Gasteiger partial charge in [0.05, 0.1) is 6.20 Å². The van der Waals surface area contributed by atoms with Gasteiger partial charge in [0, 0.05) is 18.7 Å². The molecular formula is C17H23N5O2. The lowest BCUT2D eigenvalue weighted by molar-refractivity contribution is -0.127. The maximum absolute atomic E-state index is 12.3. The molecule has 1 aliphatic carbocycles. The Morgan fingerprint density at radius 1 is 1.25 bits per heavy atom. The van der Waals surface area contributed by atoms with Gasteiger partial charge in [-0.3, -0.25) is 9.59 Å². The highest BCUT2D eigenvalue weighted by molar-refractivity contribution is 5.96. The average molecular weight is 329 g/mol. The SMILES string of the molecule is C[C@@H](NC(=O)CC1CCCCC1)C(=O)Nc1ccnc2ccnn12. The van der Waals surface area contributed by atoms with Crippen molar-refractivity contribution in [3.05, 3.63) is 24.5 Å². The maximum atomic E-state index is 12.3. The van der Waals surface area contributed by atoms with Gasteiger partial charge in [0.15, 0.2) is 5.65 Å². The predicted molar refractivity (Wildman–Crippen MR) is 90.4 cm³/mol. The van der Waals surface area contributed by atoms with Crippen molar-refractivity contribution in [1.29, 1.82) is 0 Å². The van der Waals surface area contributed by atoms with Crippen molar-refractivity contribution in [3.63, 3.8) is 0 Å². The van der Waals surface area contributed by atoms with Gasteiger partial charge in [-0.15, -0.1) is 0 Å². The van der Waals surface area contributed by atoms with Crippen LogP contribution in [0.3, 0.4) is 0 Å². The Hall–Kier alpha value is -2.44. The van der Waals surface area contributed by atoms with E-state index in [1.54, 1.807) is 36.0 Å². The Morgan fingerprint density at radius 3 is 2.83 bits per heavy atom. The number of hydrogen-bond acceptors (Lipinski definition) is 4. The highest BCUT2D eigenvalue weighted by Gasteiger charge is 2.21. The van der Waals surface area contributed by atoms with Crippen molar-refractivity contribution < 1.29 is 9.59 Å². The van der Waals surface area contributed by atoms with Gasteiger partial charge < -0.3 is 10.6 Å². The van der Waals surface area contributed by atoms with Crippen LogP contribution in [0.15, 0.2) is 24.5 Å². The van der Waals surface area contributed by atoms with Crippen molar-refractivity contribution >= 4 is 23.3 Å². The van der Waals surface area contributed by atoms with Crippen LogP contribution < -0.4 is 10.6 Å². The number of aromatic nitrogens is 3. The first kappa shape index (κ1) is 16.4. The first-order valence-corrected chi connectivity index (χ1v) is 8.52. The zero-order valence-corrected chi connectivity index (χ0v) is 13.9. The fourth-order valence-corrected chi connectivity index (χ4v) is 3.18. The lowest BCUT2D eigenvalue weighted by Gasteiger charge is -2.22. The van der Waals surface area contributed by atoms with Gasteiger partial charge in [-0.1, -0.05) is 19.3 Å². The standard InChI is InChI=1S/C17H23N5O2/c1-12(20-16(23)11-13-5-3-2-4-6-13)17(24)21-15-7-9-18-14-8-10-19-22(14)15/h7-10,12-13H,2-6,11H2,1H3,(H,20,23)(H,21,24)/t12-/m1/s1. The van der Waals surface area contributed by atoms with Crippen LogP contribution in [0.4, 0.5) is 5.82 Å². The van der Waals surface area contributed by atoms with Crippen LogP contribution in [-0.4, -0.2) is 32.5 Å².